The molecule has 5 aromatic rings. The predicted octanol–water partition coefficient (Wildman–Crippen LogP) is 4.72. The van der Waals surface area contributed by atoms with Gasteiger partial charge in [0.05, 0.1) is 4.90 Å². The van der Waals surface area contributed by atoms with Crippen LogP contribution in [0.1, 0.15) is 29.6 Å². The number of carbonyl (C=O) groups is 1. The van der Waals surface area contributed by atoms with Crippen LogP contribution in [0.5, 0.6) is 0 Å². The molecule has 0 fully saturated rings. The Labute approximate surface area is 248 Å². The number of benzene rings is 2. The predicted molar refractivity (Wildman–Crippen MR) is 161 cm³/mol. The zero-order chi connectivity index (χ0) is 30.1. The zero-order valence-corrected chi connectivity index (χ0v) is 25.6. The second kappa shape index (κ2) is 11.7. The second-order valence-electron chi connectivity index (χ2n) is 9.64. The van der Waals surface area contributed by atoms with E-state index in [2.05, 4.69) is 16.8 Å². The molecule has 0 saturated heterocycles. The molecule has 5 rings (SSSR count). The summed E-state index contributed by atoms with van der Waals surface area (Å²) in [6.07, 6.45) is 1.21. The number of nitrogens with one attached hydrogen (secondary N) is 2. The molecule has 10 nitrogen and oxygen atoms in total. The molecular formula is C29H29N5O5S3. The average molecular weight is 624 g/mol. The van der Waals surface area contributed by atoms with Gasteiger partial charge in [-0.25, -0.2) is 36.3 Å². The second-order valence-corrected chi connectivity index (χ2v) is 14.8. The third-order valence-electron chi connectivity index (χ3n) is 6.58. The number of pyridine rings is 1. The zero-order valence-electron chi connectivity index (χ0n) is 23.2. The number of rotatable bonds is 9. The number of sulfone groups is 1. The van der Waals surface area contributed by atoms with Gasteiger partial charge in [-0.15, -0.1) is 11.3 Å². The van der Waals surface area contributed by atoms with Crippen molar-refractivity contribution in [1.29, 1.82) is 0 Å². The summed E-state index contributed by atoms with van der Waals surface area (Å²) >= 11 is 0.580. The highest BCUT2D eigenvalue weighted by molar-refractivity contribution is 7.95. The van der Waals surface area contributed by atoms with Gasteiger partial charge in [0.2, 0.25) is 9.84 Å². The van der Waals surface area contributed by atoms with Crippen LogP contribution in [0.25, 0.3) is 16.9 Å². The molecule has 2 N–H and O–H groups in total. The summed E-state index contributed by atoms with van der Waals surface area (Å²) in [5.74, 6) is 0.911. The van der Waals surface area contributed by atoms with Crippen LogP contribution >= 0.6 is 11.3 Å². The van der Waals surface area contributed by atoms with Crippen LogP contribution in [-0.4, -0.2) is 43.9 Å². The third-order valence-corrected chi connectivity index (χ3v) is 11.8. The molecule has 0 aliphatic carbocycles. The van der Waals surface area contributed by atoms with Gasteiger partial charge in [-0.05, 0) is 73.9 Å². The number of thiophene rings is 1. The van der Waals surface area contributed by atoms with Crippen molar-refractivity contribution in [1.82, 2.24) is 24.6 Å². The first-order valence-electron chi connectivity index (χ1n) is 13.1. The van der Waals surface area contributed by atoms with Crippen LogP contribution in [0.4, 0.5) is 4.79 Å². The first-order chi connectivity index (χ1) is 20.0. The lowest BCUT2D eigenvalue weighted by Crippen LogP contribution is -2.39. The van der Waals surface area contributed by atoms with E-state index in [0.29, 0.717) is 17.8 Å². The molecule has 0 aliphatic rings. The first-order valence-corrected chi connectivity index (χ1v) is 16.9. The van der Waals surface area contributed by atoms with Crippen molar-refractivity contribution in [2.45, 2.75) is 46.9 Å². The minimum absolute atomic E-state index is 0.0561. The maximum Gasteiger partial charge on any atom is 0.328 e. The number of fused-ring (bicyclic) bond motifs is 1. The van der Waals surface area contributed by atoms with Crippen molar-refractivity contribution in [2.75, 3.05) is 6.54 Å². The summed E-state index contributed by atoms with van der Waals surface area (Å²) in [6, 6.07) is 19.1. The number of sulfonamides is 1. The molecular weight excluding hydrogens is 595 g/mol. The van der Waals surface area contributed by atoms with Gasteiger partial charge in [0.1, 0.15) is 19.8 Å². The topological polar surface area (TPSA) is 140 Å². The summed E-state index contributed by atoms with van der Waals surface area (Å²) < 4.78 is 54.6. The standard InChI is InChI=1S/C29H29N5O5S3/c1-4-24-32-27-19(2)18-20(3)31-28(27)34(24)22-12-10-21(11-13-22)16-17-30-29(35)33-42(38,39)26-15-14-25(40-26)41(36,37)23-8-6-5-7-9-23/h5-15,18H,4,16-17H2,1-3H3,(H2,30,33,35). The van der Waals surface area contributed by atoms with Crippen molar-refractivity contribution < 1.29 is 21.6 Å². The van der Waals surface area contributed by atoms with E-state index < -0.39 is 25.9 Å². The Kier molecular flexibility index (Phi) is 8.17. The van der Waals surface area contributed by atoms with Crippen molar-refractivity contribution >= 4 is 48.4 Å². The monoisotopic (exact) mass is 623 g/mol. The number of imidazole rings is 1. The Morgan fingerprint density at radius 2 is 1.60 bits per heavy atom. The SMILES string of the molecule is CCc1nc2c(C)cc(C)nc2n1-c1ccc(CCNC(=O)NS(=O)(=O)c2ccc(S(=O)(=O)c3ccccc3)s2)cc1. The lowest BCUT2D eigenvalue weighted by molar-refractivity contribution is 0.246. The van der Waals surface area contributed by atoms with Gasteiger partial charge in [0.25, 0.3) is 10.0 Å². The fourth-order valence-electron chi connectivity index (χ4n) is 4.56. The maximum absolute atomic E-state index is 12.8. The normalized spacial score (nSPS) is 12.0. The average Bonchev–Trinajstić information content (AvgIpc) is 3.61. The molecule has 0 unspecified atom stereocenters. The Morgan fingerprint density at radius 1 is 0.905 bits per heavy atom. The van der Waals surface area contributed by atoms with E-state index >= 15 is 0 Å². The van der Waals surface area contributed by atoms with E-state index in [4.69, 9.17) is 9.97 Å². The van der Waals surface area contributed by atoms with Crippen LogP contribution in [-0.2, 0) is 32.7 Å². The molecule has 218 valence electrons. The van der Waals surface area contributed by atoms with Crippen molar-refractivity contribution in [3.8, 4) is 5.69 Å². The summed E-state index contributed by atoms with van der Waals surface area (Å²) in [4.78, 5) is 21.9. The lowest BCUT2D eigenvalue weighted by Gasteiger charge is -2.10. The van der Waals surface area contributed by atoms with Crippen LogP contribution in [0.3, 0.4) is 0 Å². The first kappa shape index (κ1) is 29.4. The molecule has 3 aromatic heterocycles. The molecule has 0 bridgehead atoms. The summed E-state index contributed by atoms with van der Waals surface area (Å²) in [5, 5.41) is 2.55. The van der Waals surface area contributed by atoms with Gasteiger partial charge in [-0.2, -0.15) is 0 Å². The van der Waals surface area contributed by atoms with E-state index in [0.717, 1.165) is 45.9 Å². The van der Waals surface area contributed by atoms with E-state index in [1.54, 1.807) is 18.2 Å². The van der Waals surface area contributed by atoms with E-state index in [1.165, 1.54) is 24.3 Å². The number of carbonyl (C=O) groups excluding carboxylic acids is 1. The molecule has 2 aromatic carbocycles. The van der Waals surface area contributed by atoms with Crippen LogP contribution < -0.4 is 10.0 Å². The molecule has 0 saturated carbocycles. The molecule has 42 heavy (non-hydrogen) atoms. The highest BCUT2D eigenvalue weighted by atomic mass is 32.3. The molecule has 0 aliphatic heterocycles. The highest BCUT2D eigenvalue weighted by Crippen LogP contribution is 2.30. The van der Waals surface area contributed by atoms with Crippen LogP contribution in [0.15, 0.2) is 86.1 Å². The molecule has 0 radical (unpaired) electrons. The molecule has 0 spiro atoms. The summed E-state index contributed by atoms with van der Waals surface area (Å²) in [7, 11) is -8.13. The minimum Gasteiger partial charge on any atom is -0.337 e. The van der Waals surface area contributed by atoms with Gasteiger partial charge in [0.15, 0.2) is 5.65 Å². The summed E-state index contributed by atoms with van der Waals surface area (Å²) in [5.41, 5.74) is 5.56. The van der Waals surface area contributed by atoms with E-state index in [9.17, 15) is 21.6 Å². The number of nitrogens with zero attached hydrogens (tertiary/aromatic N) is 3. The number of hydrogen-bond acceptors (Lipinski definition) is 8. The maximum atomic E-state index is 12.8. The number of hydrogen-bond donors (Lipinski definition) is 2. The van der Waals surface area contributed by atoms with Gasteiger partial charge >= 0.3 is 6.03 Å². The largest absolute Gasteiger partial charge is 0.337 e. The quantitative estimate of drug-likeness (QED) is 0.242. The van der Waals surface area contributed by atoms with Crippen molar-refractivity contribution in [2.24, 2.45) is 0 Å². The lowest BCUT2D eigenvalue weighted by atomic mass is 10.1. The van der Waals surface area contributed by atoms with E-state index in [1.807, 2.05) is 48.9 Å². The van der Waals surface area contributed by atoms with Crippen LogP contribution in [0, 0.1) is 13.8 Å². The molecule has 3 heterocycles. The fourth-order valence-corrected chi connectivity index (χ4v) is 8.68. The number of aryl methyl sites for hydroxylation is 3. The molecule has 2 amide bonds. The van der Waals surface area contributed by atoms with Crippen molar-refractivity contribution in [3.05, 3.63) is 95.4 Å². The molecule has 13 heteroatoms. The van der Waals surface area contributed by atoms with Crippen LogP contribution in [0.2, 0.25) is 0 Å². The smallest absolute Gasteiger partial charge is 0.328 e. The van der Waals surface area contributed by atoms with Gasteiger partial charge < -0.3 is 5.32 Å². The Bertz CT molecular complexity index is 1980. The Hall–Kier alpha value is -4.07. The number of urea groups is 1. The summed E-state index contributed by atoms with van der Waals surface area (Å²) in [6.45, 7) is 6.22. The minimum atomic E-state index is -4.26. The van der Waals surface area contributed by atoms with Crippen molar-refractivity contribution in [3.63, 3.8) is 0 Å². The number of amides is 2. The molecule has 0 atom stereocenters. The Morgan fingerprint density at radius 3 is 2.29 bits per heavy atom. The highest BCUT2D eigenvalue weighted by Gasteiger charge is 2.25. The Balaban J connectivity index is 1.21. The number of aromatic nitrogens is 3. The fraction of sp³-hybridized carbons (Fsp3) is 0.207. The van der Waals surface area contributed by atoms with Gasteiger partial charge in [-0.1, -0.05) is 37.3 Å². The van der Waals surface area contributed by atoms with Gasteiger partial charge in [-0.3, -0.25) is 4.57 Å². The third kappa shape index (κ3) is 5.94. The van der Waals surface area contributed by atoms with Gasteiger partial charge in [0, 0.05) is 24.3 Å². The van der Waals surface area contributed by atoms with E-state index in [-0.39, 0.29) is 19.9 Å².